The van der Waals surface area contributed by atoms with E-state index in [4.69, 9.17) is 4.74 Å². The first-order chi connectivity index (χ1) is 9.54. The molecule has 1 aromatic carbocycles. The van der Waals surface area contributed by atoms with Gasteiger partial charge < -0.3 is 15.4 Å². The van der Waals surface area contributed by atoms with Gasteiger partial charge in [-0.3, -0.25) is 4.79 Å². The van der Waals surface area contributed by atoms with E-state index in [0.717, 1.165) is 25.9 Å². The summed E-state index contributed by atoms with van der Waals surface area (Å²) in [5.74, 6) is -0.578. The predicted molar refractivity (Wildman–Crippen MR) is 82.7 cm³/mol. The normalized spacial score (nSPS) is 21.3. The SMILES string of the molecule is COc1cc(C(=O)NCC2(C)CCCNC2)ccc1F.Cl. The van der Waals surface area contributed by atoms with Gasteiger partial charge in [0.1, 0.15) is 0 Å². The summed E-state index contributed by atoms with van der Waals surface area (Å²) >= 11 is 0. The minimum Gasteiger partial charge on any atom is -0.494 e. The van der Waals surface area contributed by atoms with Gasteiger partial charge in [0.05, 0.1) is 7.11 Å². The number of ether oxygens (including phenoxy) is 1. The second kappa shape index (κ2) is 7.61. The van der Waals surface area contributed by atoms with E-state index in [-0.39, 0.29) is 29.5 Å². The summed E-state index contributed by atoms with van der Waals surface area (Å²) in [7, 11) is 1.38. The standard InChI is InChI=1S/C15H21FN2O2.ClH/c1-15(6-3-7-17-9-15)10-18-14(19)11-4-5-12(16)13(8-11)20-2;/h4-5,8,17H,3,6-7,9-10H2,1-2H3,(H,18,19);1H. The first-order valence-corrected chi connectivity index (χ1v) is 6.86. The van der Waals surface area contributed by atoms with Gasteiger partial charge in [-0.1, -0.05) is 6.92 Å². The summed E-state index contributed by atoms with van der Waals surface area (Å²) in [6.07, 6.45) is 2.21. The fraction of sp³-hybridized carbons (Fsp3) is 0.533. The van der Waals surface area contributed by atoms with Crippen molar-refractivity contribution < 1.29 is 13.9 Å². The largest absolute Gasteiger partial charge is 0.494 e. The average molecular weight is 317 g/mol. The Morgan fingerprint density at radius 3 is 2.90 bits per heavy atom. The molecule has 1 aliphatic rings. The number of methoxy groups -OCH3 is 1. The number of rotatable bonds is 4. The van der Waals surface area contributed by atoms with Crippen molar-refractivity contribution in [2.75, 3.05) is 26.7 Å². The lowest BCUT2D eigenvalue weighted by Gasteiger charge is -2.34. The van der Waals surface area contributed by atoms with Crippen molar-refractivity contribution in [2.45, 2.75) is 19.8 Å². The molecule has 1 fully saturated rings. The van der Waals surface area contributed by atoms with Gasteiger partial charge in [0.2, 0.25) is 0 Å². The van der Waals surface area contributed by atoms with Gasteiger partial charge in [0.25, 0.3) is 5.91 Å². The molecular formula is C15H22ClFN2O2. The van der Waals surface area contributed by atoms with E-state index in [1.54, 1.807) is 0 Å². The van der Waals surface area contributed by atoms with E-state index in [1.165, 1.54) is 25.3 Å². The number of amides is 1. The molecule has 1 amide bonds. The number of carbonyl (C=O) groups excluding carboxylic acids is 1. The molecular weight excluding hydrogens is 295 g/mol. The van der Waals surface area contributed by atoms with Crippen molar-refractivity contribution in [2.24, 2.45) is 5.41 Å². The second-order valence-electron chi connectivity index (χ2n) is 5.62. The highest BCUT2D eigenvalue weighted by atomic mass is 35.5. The first-order valence-electron chi connectivity index (χ1n) is 6.86. The van der Waals surface area contributed by atoms with Crippen LogP contribution in [-0.2, 0) is 0 Å². The Morgan fingerprint density at radius 1 is 1.52 bits per heavy atom. The molecule has 0 radical (unpaired) electrons. The van der Waals surface area contributed by atoms with E-state index >= 15 is 0 Å². The average Bonchev–Trinajstić information content (AvgIpc) is 2.46. The highest BCUT2D eigenvalue weighted by molar-refractivity contribution is 5.94. The highest BCUT2D eigenvalue weighted by Gasteiger charge is 2.27. The van der Waals surface area contributed by atoms with Gasteiger partial charge in [-0.2, -0.15) is 0 Å². The molecule has 1 aliphatic heterocycles. The van der Waals surface area contributed by atoms with Crippen LogP contribution in [0, 0.1) is 11.2 Å². The Kier molecular flexibility index (Phi) is 6.42. The third kappa shape index (κ3) is 4.58. The number of hydrogen-bond acceptors (Lipinski definition) is 3. The zero-order valence-electron chi connectivity index (χ0n) is 12.4. The van der Waals surface area contributed by atoms with Crippen molar-refractivity contribution >= 4 is 18.3 Å². The minimum atomic E-state index is -0.465. The Balaban J connectivity index is 0.00000220. The first kappa shape index (κ1) is 17.7. The second-order valence-corrected chi connectivity index (χ2v) is 5.62. The van der Waals surface area contributed by atoms with Crippen molar-refractivity contribution in [3.05, 3.63) is 29.6 Å². The number of hydrogen-bond donors (Lipinski definition) is 2. The monoisotopic (exact) mass is 316 g/mol. The summed E-state index contributed by atoms with van der Waals surface area (Å²) in [5, 5.41) is 6.27. The third-order valence-electron chi connectivity index (χ3n) is 3.77. The molecule has 0 spiro atoms. The maximum atomic E-state index is 13.3. The molecule has 118 valence electrons. The molecule has 1 atom stereocenters. The fourth-order valence-electron chi connectivity index (χ4n) is 2.47. The molecule has 0 aliphatic carbocycles. The van der Waals surface area contributed by atoms with Crippen LogP contribution in [0.15, 0.2) is 18.2 Å². The summed E-state index contributed by atoms with van der Waals surface area (Å²) in [6, 6.07) is 4.14. The number of benzene rings is 1. The van der Waals surface area contributed by atoms with Crippen LogP contribution in [-0.4, -0.2) is 32.7 Å². The van der Waals surface area contributed by atoms with E-state index in [9.17, 15) is 9.18 Å². The number of halogens is 2. The van der Waals surface area contributed by atoms with Gasteiger partial charge in [0, 0.05) is 18.7 Å². The van der Waals surface area contributed by atoms with Crippen molar-refractivity contribution in [1.29, 1.82) is 0 Å². The van der Waals surface area contributed by atoms with Crippen LogP contribution in [0.1, 0.15) is 30.1 Å². The van der Waals surface area contributed by atoms with Crippen LogP contribution in [0.4, 0.5) is 4.39 Å². The Labute approximate surface area is 130 Å². The summed E-state index contributed by atoms with van der Waals surface area (Å²) in [4.78, 5) is 12.1. The van der Waals surface area contributed by atoms with E-state index < -0.39 is 5.82 Å². The van der Waals surface area contributed by atoms with Crippen LogP contribution >= 0.6 is 12.4 Å². The van der Waals surface area contributed by atoms with E-state index in [0.29, 0.717) is 12.1 Å². The van der Waals surface area contributed by atoms with Gasteiger partial charge in [0.15, 0.2) is 11.6 Å². The molecule has 1 heterocycles. The number of piperidine rings is 1. The lowest BCUT2D eigenvalue weighted by atomic mass is 9.83. The number of nitrogens with one attached hydrogen (secondary N) is 2. The molecule has 1 saturated heterocycles. The van der Waals surface area contributed by atoms with Crippen molar-refractivity contribution in [3.63, 3.8) is 0 Å². The molecule has 6 heteroatoms. The van der Waals surface area contributed by atoms with Gasteiger partial charge in [-0.15, -0.1) is 12.4 Å². The molecule has 2 rings (SSSR count). The highest BCUT2D eigenvalue weighted by Crippen LogP contribution is 2.24. The van der Waals surface area contributed by atoms with Crippen molar-refractivity contribution in [3.8, 4) is 5.75 Å². The van der Waals surface area contributed by atoms with Gasteiger partial charge >= 0.3 is 0 Å². The Morgan fingerprint density at radius 2 is 2.29 bits per heavy atom. The Bertz CT molecular complexity index is 491. The molecule has 1 unspecified atom stereocenters. The zero-order chi connectivity index (χ0) is 14.6. The Hall–Kier alpha value is -1.33. The lowest BCUT2D eigenvalue weighted by Crippen LogP contribution is -2.45. The predicted octanol–water partition coefficient (Wildman–Crippen LogP) is 2.38. The molecule has 0 aromatic heterocycles. The molecule has 21 heavy (non-hydrogen) atoms. The molecule has 0 bridgehead atoms. The van der Waals surface area contributed by atoms with Gasteiger partial charge in [-0.25, -0.2) is 4.39 Å². The summed E-state index contributed by atoms with van der Waals surface area (Å²) < 4.78 is 18.2. The zero-order valence-corrected chi connectivity index (χ0v) is 13.2. The molecule has 2 N–H and O–H groups in total. The van der Waals surface area contributed by atoms with Crippen molar-refractivity contribution in [1.82, 2.24) is 10.6 Å². The van der Waals surface area contributed by atoms with E-state index in [2.05, 4.69) is 17.6 Å². The molecule has 4 nitrogen and oxygen atoms in total. The smallest absolute Gasteiger partial charge is 0.251 e. The maximum absolute atomic E-state index is 13.3. The molecule has 1 aromatic rings. The minimum absolute atomic E-state index is 0. The third-order valence-corrected chi connectivity index (χ3v) is 3.77. The van der Waals surface area contributed by atoms with Gasteiger partial charge in [-0.05, 0) is 43.0 Å². The summed E-state index contributed by atoms with van der Waals surface area (Å²) in [5.41, 5.74) is 0.494. The summed E-state index contributed by atoms with van der Waals surface area (Å²) in [6.45, 7) is 4.71. The fourth-order valence-corrected chi connectivity index (χ4v) is 2.47. The van der Waals surface area contributed by atoms with Crippen LogP contribution < -0.4 is 15.4 Å². The van der Waals surface area contributed by atoms with E-state index in [1.807, 2.05) is 0 Å². The quantitative estimate of drug-likeness (QED) is 0.896. The molecule has 0 saturated carbocycles. The lowest BCUT2D eigenvalue weighted by molar-refractivity contribution is 0.0924. The van der Waals surface area contributed by atoms with Crippen LogP contribution in [0.5, 0.6) is 5.75 Å². The maximum Gasteiger partial charge on any atom is 0.251 e. The van der Waals surface area contributed by atoms with Crippen LogP contribution in [0.25, 0.3) is 0 Å². The van der Waals surface area contributed by atoms with Crippen LogP contribution in [0.3, 0.4) is 0 Å². The van der Waals surface area contributed by atoms with Crippen LogP contribution in [0.2, 0.25) is 0 Å². The number of carbonyl (C=O) groups is 1. The topological polar surface area (TPSA) is 50.4 Å².